The molecule has 4 rings (SSSR count). The predicted molar refractivity (Wildman–Crippen MR) is 108 cm³/mol. The molecule has 0 radical (unpaired) electrons. The number of hydroxylamine groups is 1. The van der Waals surface area contributed by atoms with Crippen LogP contribution in [0.1, 0.15) is 29.8 Å². The van der Waals surface area contributed by atoms with Gasteiger partial charge in [0.15, 0.2) is 5.79 Å². The monoisotopic (exact) mass is 432 g/mol. The van der Waals surface area contributed by atoms with Crippen LogP contribution in [0.3, 0.4) is 0 Å². The Morgan fingerprint density at radius 2 is 2.13 bits per heavy atom. The molecular formula is C21H22F2N4O4. The molecule has 0 bridgehead atoms. The van der Waals surface area contributed by atoms with Crippen molar-refractivity contribution in [1.82, 2.24) is 14.9 Å². The summed E-state index contributed by atoms with van der Waals surface area (Å²) in [5, 5.41) is 2.87. The molecule has 8 nitrogen and oxygen atoms in total. The Morgan fingerprint density at radius 3 is 2.84 bits per heavy atom. The molecule has 0 spiro atoms. The molecule has 164 valence electrons. The number of pyridine rings is 1. The van der Waals surface area contributed by atoms with Crippen LogP contribution in [0.4, 0.5) is 20.3 Å². The zero-order valence-electron chi connectivity index (χ0n) is 17.2. The molecule has 1 amide bonds. The van der Waals surface area contributed by atoms with Crippen molar-refractivity contribution in [3.8, 4) is 0 Å². The van der Waals surface area contributed by atoms with E-state index in [2.05, 4.69) is 15.8 Å². The second-order valence-corrected chi connectivity index (χ2v) is 7.70. The van der Waals surface area contributed by atoms with Gasteiger partial charge < -0.3 is 14.8 Å². The molecule has 31 heavy (non-hydrogen) atoms. The van der Waals surface area contributed by atoms with Crippen LogP contribution in [-0.4, -0.2) is 40.4 Å². The minimum Gasteiger partial charge on any atom is -0.348 e. The van der Waals surface area contributed by atoms with E-state index < -0.39 is 23.3 Å². The van der Waals surface area contributed by atoms with Crippen molar-refractivity contribution in [2.24, 2.45) is 0 Å². The lowest BCUT2D eigenvalue weighted by molar-refractivity contribution is -0.147. The molecule has 2 aromatic heterocycles. The van der Waals surface area contributed by atoms with E-state index >= 15 is 0 Å². The SMILES string of the molecule is Cc1ccc(Nc2c(C(=O)NOC[C@H]3COC(C)(C)O3)cc(F)c3cncn23)c(F)c1. The number of amides is 1. The van der Waals surface area contributed by atoms with Crippen molar-refractivity contribution in [1.29, 1.82) is 0 Å². The number of halogens is 2. The zero-order valence-corrected chi connectivity index (χ0v) is 17.2. The highest BCUT2D eigenvalue weighted by Gasteiger charge is 2.33. The molecule has 1 saturated heterocycles. The van der Waals surface area contributed by atoms with Crippen LogP contribution in [0.15, 0.2) is 36.8 Å². The van der Waals surface area contributed by atoms with Crippen molar-refractivity contribution in [3.63, 3.8) is 0 Å². The number of anilines is 2. The number of nitrogens with zero attached hydrogens (tertiary/aromatic N) is 2. The van der Waals surface area contributed by atoms with Gasteiger partial charge in [-0.2, -0.15) is 0 Å². The maximum atomic E-state index is 14.5. The highest BCUT2D eigenvalue weighted by atomic mass is 19.1. The topological polar surface area (TPSA) is 86.1 Å². The molecule has 3 heterocycles. The number of nitrogens with one attached hydrogen (secondary N) is 2. The summed E-state index contributed by atoms with van der Waals surface area (Å²) < 4.78 is 41.3. The van der Waals surface area contributed by atoms with E-state index in [0.717, 1.165) is 11.6 Å². The van der Waals surface area contributed by atoms with Gasteiger partial charge in [0.25, 0.3) is 5.91 Å². The summed E-state index contributed by atoms with van der Waals surface area (Å²) >= 11 is 0. The van der Waals surface area contributed by atoms with Gasteiger partial charge >= 0.3 is 0 Å². The van der Waals surface area contributed by atoms with Crippen LogP contribution in [0.25, 0.3) is 5.52 Å². The van der Waals surface area contributed by atoms with Gasteiger partial charge in [-0.1, -0.05) is 6.07 Å². The number of carbonyl (C=O) groups excluding carboxylic acids is 1. The van der Waals surface area contributed by atoms with Crippen LogP contribution in [0, 0.1) is 18.6 Å². The Labute approximate surface area is 177 Å². The maximum Gasteiger partial charge on any atom is 0.278 e. The number of hydrogen-bond donors (Lipinski definition) is 2. The lowest BCUT2D eigenvalue weighted by atomic mass is 10.2. The third-order valence-electron chi connectivity index (χ3n) is 4.77. The first-order chi connectivity index (χ1) is 14.7. The Balaban J connectivity index is 1.57. The normalized spacial score (nSPS) is 17.8. The van der Waals surface area contributed by atoms with Crippen molar-refractivity contribution >= 4 is 22.9 Å². The van der Waals surface area contributed by atoms with E-state index in [9.17, 15) is 13.6 Å². The summed E-state index contributed by atoms with van der Waals surface area (Å²) in [7, 11) is 0. The fourth-order valence-electron chi connectivity index (χ4n) is 3.30. The third kappa shape index (κ3) is 4.50. The maximum absolute atomic E-state index is 14.5. The molecule has 1 aliphatic rings. The number of fused-ring (bicyclic) bond motifs is 1. The molecule has 1 fully saturated rings. The highest BCUT2D eigenvalue weighted by Crippen LogP contribution is 2.27. The summed E-state index contributed by atoms with van der Waals surface area (Å²) in [6.45, 7) is 5.67. The average Bonchev–Trinajstić information content (AvgIpc) is 3.32. The van der Waals surface area contributed by atoms with E-state index in [0.29, 0.717) is 6.61 Å². The second kappa shape index (κ2) is 8.22. The lowest BCUT2D eigenvalue weighted by Crippen LogP contribution is -2.31. The Hall–Kier alpha value is -3.08. The van der Waals surface area contributed by atoms with Crippen LogP contribution >= 0.6 is 0 Å². The first kappa shape index (κ1) is 21.2. The Bertz CT molecular complexity index is 1130. The molecule has 0 unspecified atom stereocenters. The van der Waals surface area contributed by atoms with Crippen molar-refractivity contribution in [3.05, 3.63) is 59.6 Å². The Morgan fingerprint density at radius 1 is 1.32 bits per heavy atom. The fourth-order valence-corrected chi connectivity index (χ4v) is 3.30. The molecule has 0 aliphatic carbocycles. The van der Waals surface area contributed by atoms with Crippen LogP contribution in [0.2, 0.25) is 0 Å². The molecule has 1 aromatic carbocycles. The number of benzene rings is 1. The van der Waals surface area contributed by atoms with E-state index in [1.165, 1.54) is 29.1 Å². The molecule has 0 saturated carbocycles. The average molecular weight is 432 g/mol. The molecule has 2 N–H and O–H groups in total. The van der Waals surface area contributed by atoms with Gasteiger partial charge in [0, 0.05) is 0 Å². The largest absolute Gasteiger partial charge is 0.348 e. The third-order valence-corrected chi connectivity index (χ3v) is 4.77. The van der Waals surface area contributed by atoms with Gasteiger partial charge in [-0.25, -0.2) is 19.2 Å². The molecule has 1 atom stereocenters. The first-order valence-corrected chi connectivity index (χ1v) is 9.65. The summed E-state index contributed by atoms with van der Waals surface area (Å²) in [5.74, 6) is -2.47. The van der Waals surface area contributed by atoms with Gasteiger partial charge in [0.05, 0.1) is 24.1 Å². The van der Waals surface area contributed by atoms with Crippen molar-refractivity contribution < 1.29 is 27.9 Å². The van der Waals surface area contributed by atoms with Crippen molar-refractivity contribution in [2.75, 3.05) is 18.5 Å². The fraction of sp³-hybridized carbons (Fsp3) is 0.333. The number of imidazole rings is 1. The summed E-state index contributed by atoms with van der Waals surface area (Å²) in [5.41, 5.74) is 3.18. The molecule has 10 heteroatoms. The highest BCUT2D eigenvalue weighted by molar-refractivity contribution is 5.99. The molecule has 3 aromatic rings. The summed E-state index contributed by atoms with van der Waals surface area (Å²) in [6, 6.07) is 5.65. The van der Waals surface area contributed by atoms with Crippen LogP contribution in [0.5, 0.6) is 0 Å². The number of carbonyl (C=O) groups is 1. The Kier molecular flexibility index (Phi) is 5.61. The minimum atomic E-state index is -0.720. The number of hydrogen-bond acceptors (Lipinski definition) is 6. The van der Waals surface area contributed by atoms with Gasteiger partial charge in [0.1, 0.15) is 42.0 Å². The van der Waals surface area contributed by atoms with E-state index in [-0.39, 0.29) is 35.3 Å². The number of ether oxygens (including phenoxy) is 2. The van der Waals surface area contributed by atoms with Gasteiger partial charge in [-0.05, 0) is 44.5 Å². The van der Waals surface area contributed by atoms with E-state index in [1.54, 1.807) is 26.8 Å². The predicted octanol–water partition coefficient (Wildman–Crippen LogP) is 3.48. The summed E-state index contributed by atoms with van der Waals surface area (Å²) in [4.78, 5) is 21.9. The first-order valence-electron chi connectivity index (χ1n) is 9.65. The molecular weight excluding hydrogens is 410 g/mol. The lowest BCUT2D eigenvalue weighted by Gasteiger charge is -2.18. The van der Waals surface area contributed by atoms with Gasteiger partial charge in [0.2, 0.25) is 0 Å². The van der Waals surface area contributed by atoms with Crippen LogP contribution in [-0.2, 0) is 14.3 Å². The minimum absolute atomic E-state index is 0.0420. The second-order valence-electron chi connectivity index (χ2n) is 7.70. The van der Waals surface area contributed by atoms with Crippen LogP contribution < -0.4 is 10.8 Å². The number of aryl methyl sites for hydroxylation is 1. The standard InChI is InChI=1S/C21H22F2N4O4/c1-12-4-5-17(15(22)6-12)25-19-14(7-16(23)18-8-24-11-27(18)19)20(28)26-30-10-13-9-29-21(2,3)31-13/h4-8,11,13,25H,9-10H2,1-3H3,(H,26,28)/t13-/m1/s1. The molecule has 1 aliphatic heterocycles. The van der Waals surface area contributed by atoms with Gasteiger partial charge in [-0.15, -0.1) is 0 Å². The number of aromatic nitrogens is 2. The van der Waals surface area contributed by atoms with Crippen molar-refractivity contribution in [2.45, 2.75) is 32.7 Å². The quantitative estimate of drug-likeness (QED) is 0.580. The zero-order chi connectivity index (χ0) is 22.2. The van der Waals surface area contributed by atoms with E-state index in [1.807, 2.05) is 0 Å². The number of rotatable bonds is 6. The van der Waals surface area contributed by atoms with Gasteiger partial charge in [-0.3, -0.25) is 14.0 Å². The smallest absolute Gasteiger partial charge is 0.278 e. The summed E-state index contributed by atoms with van der Waals surface area (Å²) in [6.07, 6.45) is 2.28. The van der Waals surface area contributed by atoms with E-state index in [4.69, 9.17) is 14.3 Å².